The third-order valence-corrected chi connectivity index (χ3v) is 7.65. The van der Waals surface area contributed by atoms with Crippen molar-refractivity contribution in [1.29, 1.82) is 0 Å². The first-order valence-electron chi connectivity index (χ1n) is 14.7. The van der Waals surface area contributed by atoms with Crippen LogP contribution in [0, 0.1) is 17.7 Å². The van der Waals surface area contributed by atoms with Crippen molar-refractivity contribution in [2.45, 2.75) is 65.3 Å². The molecule has 0 radical (unpaired) electrons. The number of amides is 2. The van der Waals surface area contributed by atoms with Crippen LogP contribution in [0.25, 0.3) is 0 Å². The molecular weight excluding hydrogens is 523 g/mol. The summed E-state index contributed by atoms with van der Waals surface area (Å²) >= 11 is 0. The van der Waals surface area contributed by atoms with E-state index in [1.807, 2.05) is 25.7 Å². The molecule has 0 aliphatic carbocycles. The molecule has 2 amide bonds. The molecule has 41 heavy (non-hydrogen) atoms. The lowest BCUT2D eigenvalue weighted by atomic mass is 9.92. The summed E-state index contributed by atoms with van der Waals surface area (Å²) in [6.45, 7) is 13.8. The first-order valence-corrected chi connectivity index (χ1v) is 14.7. The topological polar surface area (TPSA) is 99.7 Å². The molecule has 2 atom stereocenters. The smallest absolute Gasteiger partial charge is 0.259 e. The van der Waals surface area contributed by atoms with E-state index in [0.717, 1.165) is 17.7 Å². The van der Waals surface area contributed by atoms with Crippen LogP contribution in [0.2, 0.25) is 0 Å². The summed E-state index contributed by atoms with van der Waals surface area (Å²) in [5, 5.41) is 6.76. The summed E-state index contributed by atoms with van der Waals surface area (Å²) in [6.07, 6.45) is 3.61. The number of hydrogen-bond donors (Lipinski definition) is 2. The number of methoxy groups -OCH3 is 1. The molecular formula is C31H45FN6O3. The summed E-state index contributed by atoms with van der Waals surface area (Å²) < 4.78 is 18.9. The van der Waals surface area contributed by atoms with E-state index in [-0.39, 0.29) is 40.9 Å². The van der Waals surface area contributed by atoms with E-state index in [1.54, 1.807) is 24.3 Å². The van der Waals surface area contributed by atoms with Gasteiger partial charge in [0.25, 0.3) is 5.91 Å². The van der Waals surface area contributed by atoms with Crippen LogP contribution in [0.1, 0.15) is 69.2 Å². The lowest BCUT2D eigenvalue weighted by Crippen LogP contribution is -2.55. The molecule has 4 rings (SSSR count). The van der Waals surface area contributed by atoms with Gasteiger partial charge in [0.15, 0.2) is 0 Å². The van der Waals surface area contributed by atoms with Gasteiger partial charge in [0.2, 0.25) is 5.91 Å². The van der Waals surface area contributed by atoms with Gasteiger partial charge in [-0.1, -0.05) is 34.6 Å². The van der Waals surface area contributed by atoms with Crippen LogP contribution >= 0.6 is 0 Å². The number of piperidine rings is 1. The molecule has 0 unspecified atom stereocenters. The standard InChI is InChI=1S/C31H45FN6O3/c1-20(2)19-38(29(40)25-18-35-30(31(3,4)5)36-27(25)34-11-7-13-41-6)24-15-22(16-33-17-24)28(39)37-12-10-21-14-23(32)8-9-26(21)37/h8-9,14,18,20,22,24,33H,7,10-13,15-17,19H2,1-6H3,(H,34,35,36)/t22-,24+/m1/s1. The van der Waals surface area contributed by atoms with Gasteiger partial charge in [0.1, 0.15) is 23.0 Å². The highest BCUT2D eigenvalue weighted by Gasteiger charge is 2.38. The summed E-state index contributed by atoms with van der Waals surface area (Å²) in [5.74, 6) is 0.707. The molecule has 10 heteroatoms. The summed E-state index contributed by atoms with van der Waals surface area (Å²) in [5.41, 5.74) is 1.80. The van der Waals surface area contributed by atoms with Crippen molar-refractivity contribution >= 4 is 23.3 Å². The molecule has 2 aliphatic rings. The maximum Gasteiger partial charge on any atom is 0.259 e. The van der Waals surface area contributed by atoms with Crippen LogP contribution in [-0.2, 0) is 21.4 Å². The molecule has 1 aromatic carbocycles. The van der Waals surface area contributed by atoms with Crippen LogP contribution in [0.15, 0.2) is 24.4 Å². The van der Waals surface area contributed by atoms with E-state index < -0.39 is 0 Å². The number of aromatic nitrogens is 2. The fourth-order valence-electron chi connectivity index (χ4n) is 5.57. The summed E-state index contributed by atoms with van der Waals surface area (Å²) in [4.78, 5) is 40.9. The molecule has 1 aromatic heterocycles. The van der Waals surface area contributed by atoms with Crippen molar-refractivity contribution in [2.75, 3.05) is 56.7 Å². The number of halogens is 1. The van der Waals surface area contributed by atoms with Crippen molar-refractivity contribution in [3.63, 3.8) is 0 Å². The van der Waals surface area contributed by atoms with Gasteiger partial charge >= 0.3 is 0 Å². The Bertz CT molecular complexity index is 1230. The molecule has 9 nitrogen and oxygen atoms in total. The lowest BCUT2D eigenvalue weighted by Gasteiger charge is -2.39. The molecule has 0 saturated carbocycles. The number of rotatable bonds is 10. The number of ether oxygens (including phenoxy) is 1. The number of anilines is 2. The molecule has 0 bridgehead atoms. The Morgan fingerprint density at radius 3 is 2.76 bits per heavy atom. The van der Waals surface area contributed by atoms with Crippen LogP contribution in [0.3, 0.4) is 0 Å². The van der Waals surface area contributed by atoms with Crippen LogP contribution in [0.4, 0.5) is 15.9 Å². The third kappa shape index (κ3) is 7.40. The van der Waals surface area contributed by atoms with Gasteiger partial charge in [-0.25, -0.2) is 14.4 Å². The fourth-order valence-corrected chi connectivity index (χ4v) is 5.57. The lowest BCUT2D eigenvalue weighted by molar-refractivity contribution is -0.123. The molecule has 1 saturated heterocycles. The van der Waals surface area contributed by atoms with Gasteiger partial charge in [-0.2, -0.15) is 0 Å². The van der Waals surface area contributed by atoms with Crippen LogP contribution < -0.4 is 15.5 Å². The zero-order chi connectivity index (χ0) is 29.7. The van der Waals surface area contributed by atoms with Crippen molar-refractivity contribution in [1.82, 2.24) is 20.2 Å². The first-order chi connectivity index (χ1) is 19.5. The second kappa shape index (κ2) is 13.2. The highest BCUT2D eigenvalue weighted by atomic mass is 19.1. The zero-order valence-corrected chi connectivity index (χ0v) is 25.3. The van der Waals surface area contributed by atoms with E-state index in [4.69, 9.17) is 9.72 Å². The van der Waals surface area contributed by atoms with E-state index in [9.17, 15) is 14.0 Å². The van der Waals surface area contributed by atoms with Gasteiger partial charge in [0.05, 0.1) is 5.92 Å². The molecule has 2 aromatic rings. The Hall–Kier alpha value is -3.11. The Morgan fingerprint density at radius 2 is 2.05 bits per heavy atom. The van der Waals surface area contributed by atoms with Crippen molar-refractivity contribution in [2.24, 2.45) is 11.8 Å². The minimum atomic E-state index is -0.293. The van der Waals surface area contributed by atoms with Crippen molar-refractivity contribution in [3.8, 4) is 0 Å². The van der Waals surface area contributed by atoms with Gasteiger partial charge < -0.3 is 25.2 Å². The highest BCUT2D eigenvalue weighted by Crippen LogP contribution is 2.32. The quantitative estimate of drug-likeness (QED) is 0.418. The second-order valence-electron chi connectivity index (χ2n) is 12.6. The van der Waals surface area contributed by atoms with Crippen molar-refractivity contribution < 1.29 is 18.7 Å². The number of carbonyl (C=O) groups excluding carboxylic acids is 2. The largest absolute Gasteiger partial charge is 0.385 e. The van der Waals surface area contributed by atoms with E-state index in [0.29, 0.717) is 69.4 Å². The molecule has 2 aliphatic heterocycles. The highest BCUT2D eigenvalue weighted by molar-refractivity contribution is 5.99. The average molecular weight is 569 g/mol. The first kappa shape index (κ1) is 30.8. The average Bonchev–Trinajstić information content (AvgIpc) is 3.35. The zero-order valence-electron chi connectivity index (χ0n) is 25.3. The van der Waals surface area contributed by atoms with Crippen LogP contribution in [0.5, 0.6) is 0 Å². The monoisotopic (exact) mass is 568 g/mol. The Morgan fingerprint density at radius 1 is 1.27 bits per heavy atom. The summed E-state index contributed by atoms with van der Waals surface area (Å²) in [6, 6.07) is 4.44. The number of hydrogen-bond acceptors (Lipinski definition) is 7. The van der Waals surface area contributed by atoms with Gasteiger partial charge in [-0.05, 0) is 48.9 Å². The Kier molecular flexibility index (Phi) is 9.96. The van der Waals surface area contributed by atoms with Crippen LogP contribution in [-0.4, -0.2) is 79.2 Å². The number of carbonyl (C=O) groups is 2. The second-order valence-corrected chi connectivity index (χ2v) is 12.6. The predicted octanol–water partition coefficient (Wildman–Crippen LogP) is 4.03. The van der Waals surface area contributed by atoms with Gasteiger partial charge in [-0.15, -0.1) is 0 Å². The maximum atomic E-state index is 14.2. The van der Waals surface area contributed by atoms with Gasteiger partial charge in [0, 0.05) is 69.8 Å². The Balaban J connectivity index is 1.57. The number of benzene rings is 1. The van der Waals surface area contributed by atoms with E-state index >= 15 is 0 Å². The number of nitrogens with one attached hydrogen (secondary N) is 2. The maximum absolute atomic E-state index is 14.2. The molecule has 0 spiro atoms. The van der Waals surface area contributed by atoms with E-state index in [1.165, 1.54) is 12.1 Å². The van der Waals surface area contributed by atoms with Gasteiger partial charge in [-0.3, -0.25) is 9.59 Å². The normalized spacial score (nSPS) is 18.9. The fraction of sp³-hybridized carbons (Fsp3) is 0.613. The number of nitrogens with zero attached hydrogens (tertiary/aromatic N) is 4. The Labute approximate surface area is 243 Å². The number of fused-ring (bicyclic) bond motifs is 1. The minimum absolute atomic E-state index is 0.0165. The molecule has 1 fully saturated rings. The van der Waals surface area contributed by atoms with E-state index in [2.05, 4.69) is 29.5 Å². The third-order valence-electron chi connectivity index (χ3n) is 7.65. The summed E-state index contributed by atoms with van der Waals surface area (Å²) in [7, 11) is 1.67. The molecule has 3 heterocycles. The molecule has 2 N–H and O–H groups in total. The predicted molar refractivity (Wildman–Crippen MR) is 159 cm³/mol. The SMILES string of the molecule is COCCCNc1nc(C(C)(C)C)ncc1C(=O)N(CC(C)C)[C@@H]1CNC[C@H](C(=O)N2CCc3cc(F)ccc32)C1. The minimum Gasteiger partial charge on any atom is -0.385 e. The van der Waals surface area contributed by atoms with Crippen molar-refractivity contribution in [3.05, 3.63) is 47.2 Å². The molecule has 224 valence electrons.